The number of carbonyl (C=O) groups excluding carboxylic acids is 1. The first-order valence-corrected chi connectivity index (χ1v) is 5.92. The van der Waals surface area contributed by atoms with Crippen molar-refractivity contribution in [2.24, 2.45) is 0 Å². The van der Waals surface area contributed by atoms with E-state index in [0.717, 1.165) is 19.4 Å². The highest BCUT2D eigenvalue weighted by Gasteiger charge is 2.18. The third-order valence-corrected chi connectivity index (χ3v) is 2.82. The second-order valence-corrected chi connectivity index (χ2v) is 4.23. The molecular weight excluding hydrogens is 234 g/mol. The third-order valence-electron chi connectivity index (χ3n) is 2.82. The van der Waals surface area contributed by atoms with E-state index in [1.165, 1.54) is 7.11 Å². The summed E-state index contributed by atoms with van der Waals surface area (Å²) in [7, 11) is 1.52. The molecule has 1 aromatic rings. The van der Waals surface area contributed by atoms with Gasteiger partial charge in [0.05, 0.1) is 18.8 Å². The highest BCUT2D eigenvalue weighted by atomic mass is 16.6. The van der Waals surface area contributed by atoms with E-state index in [9.17, 15) is 4.79 Å². The van der Waals surface area contributed by atoms with E-state index in [-0.39, 0.29) is 12.7 Å². The number of hydrogen-bond donors (Lipinski definition) is 1. The molecule has 5 nitrogen and oxygen atoms in total. The van der Waals surface area contributed by atoms with Gasteiger partial charge in [0.15, 0.2) is 0 Å². The lowest BCUT2D eigenvalue weighted by Gasteiger charge is -2.11. The standard InChI is InChI=1S/C13H17NO4/c1-16-12-6-9(5-10(14)7-12)13(15)18-8-11-3-2-4-17-11/h5-7,11H,2-4,8,14H2,1H3. The predicted molar refractivity (Wildman–Crippen MR) is 66.7 cm³/mol. The molecule has 1 aliphatic heterocycles. The quantitative estimate of drug-likeness (QED) is 0.650. The van der Waals surface area contributed by atoms with Crippen molar-refractivity contribution >= 4 is 11.7 Å². The molecule has 0 aromatic heterocycles. The van der Waals surface area contributed by atoms with E-state index in [1.807, 2.05) is 0 Å². The summed E-state index contributed by atoms with van der Waals surface area (Å²) in [6, 6.07) is 4.82. The van der Waals surface area contributed by atoms with Crippen molar-refractivity contribution in [3.8, 4) is 5.75 Å². The van der Waals surface area contributed by atoms with Gasteiger partial charge in [-0.15, -0.1) is 0 Å². The van der Waals surface area contributed by atoms with Crippen LogP contribution in [-0.2, 0) is 9.47 Å². The van der Waals surface area contributed by atoms with Crippen molar-refractivity contribution in [3.63, 3.8) is 0 Å². The molecule has 1 fully saturated rings. The van der Waals surface area contributed by atoms with Crippen LogP contribution in [-0.4, -0.2) is 32.4 Å². The molecule has 0 saturated carbocycles. The maximum atomic E-state index is 11.8. The molecule has 1 aromatic carbocycles. The number of anilines is 1. The molecule has 0 amide bonds. The second kappa shape index (κ2) is 5.73. The summed E-state index contributed by atoms with van der Waals surface area (Å²) in [6.45, 7) is 1.03. The topological polar surface area (TPSA) is 70.8 Å². The Morgan fingerprint density at radius 2 is 2.33 bits per heavy atom. The van der Waals surface area contributed by atoms with Gasteiger partial charge in [-0.2, -0.15) is 0 Å². The molecule has 1 heterocycles. The number of hydrogen-bond acceptors (Lipinski definition) is 5. The molecule has 18 heavy (non-hydrogen) atoms. The maximum Gasteiger partial charge on any atom is 0.338 e. The first-order valence-electron chi connectivity index (χ1n) is 5.92. The summed E-state index contributed by atoms with van der Waals surface area (Å²) in [5.41, 5.74) is 6.54. The fourth-order valence-electron chi connectivity index (χ4n) is 1.89. The van der Waals surface area contributed by atoms with Crippen LogP contribution in [0.3, 0.4) is 0 Å². The summed E-state index contributed by atoms with van der Waals surface area (Å²) < 4.78 is 15.6. The smallest absolute Gasteiger partial charge is 0.338 e. The number of methoxy groups -OCH3 is 1. The Morgan fingerprint density at radius 1 is 1.50 bits per heavy atom. The van der Waals surface area contributed by atoms with Crippen molar-refractivity contribution in [1.29, 1.82) is 0 Å². The molecule has 2 N–H and O–H groups in total. The van der Waals surface area contributed by atoms with Crippen LogP contribution < -0.4 is 10.5 Å². The summed E-state index contributed by atoms with van der Waals surface area (Å²) in [5.74, 6) is 0.134. The van der Waals surface area contributed by atoms with Gasteiger partial charge in [0.1, 0.15) is 12.4 Å². The molecule has 1 aliphatic rings. The van der Waals surface area contributed by atoms with Crippen LogP contribution in [0.2, 0.25) is 0 Å². The number of rotatable bonds is 4. The van der Waals surface area contributed by atoms with Crippen molar-refractivity contribution in [1.82, 2.24) is 0 Å². The molecule has 0 spiro atoms. The molecule has 98 valence electrons. The van der Waals surface area contributed by atoms with Gasteiger partial charge in [0.2, 0.25) is 0 Å². The van der Waals surface area contributed by atoms with E-state index in [2.05, 4.69) is 0 Å². The third kappa shape index (κ3) is 3.13. The summed E-state index contributed by atoms with van der Waals surface area (Å²) in [6.07, 6.45) is 1.99. The van der Waals surface area contributed by atoms with Gasteiger partial charge in [-0.05, 0) is 25.0 Å². The van der Waals surface area contributed by atoms with Crippen molar-refractivity contribution in [2.75, 3.05) is 26.1 Å². The molecular formula is C13H17NO4. The van der Waals surface area contributed by atoms with Gasteiger partial charge in [0, 0.05) is 18.4 Å². The molecule has 0 aliphatic carbocycles. The predicted octanol–water partition coefficient (Wildman–Crippen LogP) is 1.61. The van der Waals surface area contributed by atoms with Gasteiger partial charge < -0.3 is 19.9 Å². The Bertz CT molecular complexity index is 427. The number of nitrogen functional groups attached to an aromatic ring is 1. The monoisotopic (exact) mass is 251 g/mol. The Hall–Kier alpha value is -1.75. The number of ether oxygens (including phenoxy) is 3. The average molecular weight is 251 g/mol. The van der Waals surface area contributed by atoms with Crippen LogP contribution >= 0.6 is 0 Å². The SMILES string of the molecule is COc1cc(N)cc(C(=O)OCC2CCCO2)c1. The molecule has 1 atom stereocenters. The van der Waals surface area contributed by atoms with Gasteiger partial charge in [0.25, 0.3) is 0 Å². The minimum Gasteiger partial charge on any atom is -0.497 e. The van der Waals surface area contributed by atoms with Crippen molar-refractivity contribution in [3.05, 3.63) is 23.8 Å². The summed E-state index contributed by atoms with van der Waals surface area (Å²) in [5, 5.41) is 0. The Kier molecular flexibility index (Phi) is 4.04. The molecule has 0 radical (unpaired) electrons. The zero-order chi connectivity index (χ0) is 13.0. The van der Waals surface area contributed by atoms with Crippen molar-refractivity contribution in [2.45, 2.75) is 18.9 Å². The number of benzene rings is 1. The minimum absolute atomic E-state index is 0.0249. The minimum atomic E-state index is -0.406. The molecule has 0 bridgehead atoms. The number of nitrogens with two attached hydrogens (primary N) is 1. The van der Waals surface area contributed by atoms with E-state index in [1.54, 1.807) is 18.2 Å². The van der Waals surface area contributed by atoms with Crippen molar-refractivity contribution < 1.29 is 19.0 Å². The van der Waals surface area contributed by atoms with Gasteiger partial charge in [-0.3, -0.25) is 0 Å². The Balaban J connectivity index is 1.97. The summed E-state index contributed by atoms with van der Waals surface area (Å²) in [4.78, 5) is 11.8. The zero-order valence-electron chi connectivity index (χ0n) is 10.3. The number of carbonyl (C=O) groups is 1. The lowest BCUT2D eigenvalue weighted by molar-refractivity contribution is 0.0161. The van der Waals surface area contributed by atoms with Crippen LogP contribution in [0.4, 0.5) is 5.69 Å². The fourth-order valence-corrected chi connectivity index (χ4v) is 1.89. The van der Waals surface area contributed by atoms with E-state index in [0.29, 0.717) is 17.0 Å². The molecule has 5 heteroatoms. The molecule has 1 saturated heterocycles. The Labute approximate surface area is 106 Å². The van der Waals surface area contributed by atoms with E-state index >= 15 is 0 Å². The van der Waals surface area contributed by atoms with Gasteiger partial charge in [-0.25, -0.2) is 4.79 Å². The first-order chi connectivity index (χ1) is 8.69. The number of esters is 1. The zero-order valence-corrected chi connectivity index (χ0v) is 10.3. The van der Waals surface area contributed by atoms with E-state index in [4.69, 9.17) is 19.9 Å². The molecule has 2 rings (SSSR count). The van der Waals surface area contributed by atoms with E-state index < -0.39 is 5.97 Å². The van der Waals surface area contributed by atoms with Crippen LogP contribution in [0.25, 0.3) is 0 Å². The normalized spacial score (nSPS) is 18.6. The highest BCUT2D eigenvalue weighted by Crippen LogP contribution is 2.19. The fraction of sp³-hybridized carbons (Fsp3) is 0.462. The lowest BCUT2D eigenvalue weighted by Crippen LogP contribution is -2.18. The molecule has 1 unspecified atom stereocenters. The van der Waals surface area contributed by atoms with Crippen LogP contribution in [0, 0.1) is 0 Å². The van der Waals surface area contributed by atoms with Crippen LogP contribution in [0.5, 0.6) is 5.75 Å². The Morgan fingerprint density at radius 3 is 3.00 bits per heavy atom. The summed E-state index contributed by atoms with van der Waals surface area (Å²) >= 11 is 0. The lowest BCUT2D eigenvalue weighted by atomic mass is 10.2. The second-order valence-electron chi connectivity index (χ2n) is 4.23. The van der Waals surface area contributed by atoms with Crippen LogP contribution in [0.15, 0.2) is 18.2 Å². The van der Waals surface area contributed by atoms with Gasteiger partial charge >= 0.3 is 5.97 Å². The first kappa shape index (κ1) is 12.7. The van der Waals surface area contributed by atoms with Gasteiger partial charge in [-0.1, -0.05) is 0 Å². The highest BCUT2D eigenvalue weighted by molar-refractivity contribution is 5.91. The largest absolute Gasteiger partial charge is 0.497 e. The average Bonchev–Trinajstić information content (AvgIpc) is 2.88. The maximum absolute atomic E-state index is 11.8. The van der Waals surface area contributed by atoms with Crippen LogP contribution in [0.1, 0.15) is 23.2 Å².